The first kappa shape index (κ1) is 22.1. The molecule has 0 bridgehead atoms. The van der Waals surface area contributed by atoms with Gasteiger partial charge in [0.15, 0.2) is 5.82 Å². The number of ether oxygens (including phenoxy) is 2. The fourth-order valence-electron chi connectivity index (χ4n) is 3.65. The van der Waals surface area contributed by atoms with Crippen molar-refractivity contribution in [2.45, 2.75) is 13.0 Å². The van der Waals surface area contributed by atoms with E-state index in [4.69, 9.17) is 26.1 Å². The SMILES string of the molecule is COC(=O)c1cccc2[nH]c(-c3csc(Cc4cc(Cl)ccc4OCc4ccccc4)n3)nc12. The van der Waals surface area contributed by atoms with E-state index in [2.05, 4.69) is 9.97 Å². The van der Waals surface area contributed by atoms with Gasteiger partial charge in [-0.3, -0.25) is 0 Å². The van der Waals surface area contributed by atoms with Crippen LogP contribution in [0.5, 0.6) is 5.75 Å². The van der Waals surface area contributed by atoms with Crippen LogP contribution in [-0.4, -0.2) is 28.0 Å². The molecule has 0 radical (unpaired) electrons. The van der Waals surface area contributed by atoms with E-state index in [1.54, 1.807) is 12.1 Å². The average Bonchev–Trinajstić information content (AvgIpc) is 3.50. The standard InChI is InChI=1S/C26H20ClN3O3S/c1-32-26(31)19-8-5-9-20-24(19)30-25(29-20)21-15-34-23(28-21)13-17-12-18(27)10-11-22(17)33-14-16-6-3-2-4-7-16/h2-12,15H,13-14H2,1H3,(H,29,30). The van der Waals surface area contributed by atoms with Gasteiger partial charge in [0.1, 0.15) is 23.6 Å². The molecule has 2 heterocycles. The van der Waals surface area contributed by atoms with Gasteiger partial charge in [-0.05, 0) is 35.9 Å². The van der Waals surface area contributed by atoms with Gasteiger partial charge in [-0.1, -0.05) is 48.0 Å². The Bertz CT molecular complexity index is 1460. The predicted octanol–water partition coefficient (Wildman–Crippen LogP) is 6.30. The van der Waals surface area contributed by atoms with Crippen LogP contribution in [0.1, 0.15) is 26.5 Å². The summed E-state index contributed by atoms with van der Waals surface area (Å²) in [4.78, 5) is 24.7. The van der Waals surface area contributed by atoms with Gasteiger partial charge in [-0.15, -0.1) is 11.3 Å². The normalized spacial score (nSPS) is 11.0. The van der Waals surface area contributed by atoms with Gasteiger partial charge >= 0.3 is 5.97 Å². The Morgan fingerprint density at radius 2 is 1.91 bits per heavy atom. The summed E-state index contributed by atoms with van der Waals surface area (Å²) in [5.74, 6) is 0.948. The second kappa shape index (κ2) is 9.67. The zero-order valence-electron chi connectivity index (χ0n) is 18.2. The summed E-state index contributed by atoms with van der Waals surface area (Å²) in [7, 11) is 1.36. The molecule has 170 valence electrons. The lowest BCUT2D eigenvalue weighted by Crippen LogP contribution is -2.01. The van der Waals surface area contributed by atoms with Gasteiger partial charge in [0.25, 0.3) is 0 Å². The Balaban J connectivity index is 1.39. The van der Waals surface area contributed by atoms with Crippen LogP contribution in [0, 0.1) is 0 Å². The molecule has 0 atom stereocenters. The van der Waals surface area contributed by atoms with Crippen LogP contribution in [0.15, 0.2) is 72.1 Å². The number of fused-ring (bicyclic) bond motifs is 1. The van der Waals surface area contributed by atoms with Crippen LogP contribution in [0.4, 0.5) is 0 Å². The molecule has 6 nitrogen and oxygen atoms in total. The lowest BCUT2D eigenvalue weighted by molar-refractivity contribution is 0.0603. The minimum Gasteiger partial charge on any atom is -0.489 e. The molecule has 0 fully saturated rings. The summed E-state index contributed by atoms with van der Waals surface area (Å²) >= 11 is 7.81. The molecule has 0 aliphatic carbocycles. The number of nitrogens with one attached hydrogen (secondary N) is 1. The van der Waals surface area contributed by atoms with Gasteiger partial charge in [-0.25, -0.2) is 14.8 Å². The van der Waals surface area contributed by atoms with Crippen molar-refractivity contribution in [3.05, 3.63) is 98.8 Å². The number of rotatable bonds is 7. The number of thiazole rings is 1. The maximum absolute atomic E-state index is 12.1. The summed E-state index contributed by atoms with van der Waals surface area (Å²) < 4.78 is 11.0. The number of para-hydroxylation sites is 1. The highest BCUT2D eigenvalue weighted by Crippen LogP contribution is 2.30. The first-order valence-electron chi connectivity index (χ1n) is 10.6. The number of H-pyrrole nitrogens is 1. The van der Waals surface area contributed by atoms with Crippen LogP contribution in [0.3, 0.4) is 0 Å². The van der Waals surface area contributed by atoms with Crippen molar-refractivity contribution in [3.63, 3.8) is 0 Å². The Hall–Kier alpha value is -3.68. The van der Waals surface area contributed by atoms with Crippen LogP contribution in [-0.2, 0) is 17.8 Å². The van der Waals surface area contributed by atoms with Crippen molar-refractivity contribution in [3.8, 4) is 17.3 Å². The highest BCUT2D eigenvalue weighted by atomic mass is 35.5. The minimum absolute atomic E-state index is 0.414. The summed E-state index contributed by atoms with van der Waals surface area (Å²) in [6, 6.07) is 21.0. The van der Waals surface area contributed by atoms with E-state index >= 15 is 0 Å². The number of hydrogen-bond acceptors (Lipinski definition) is 6. The quantitative estimate of drug-likeness (QED) is 0.271. The van der Waals surface area contributed by atoms with E-state index in [1.165, 1.54) is 18.4 Å². The molecule has 1 N–H and O–H groups in total. The van der Waals surface area contributed by atoms with Crippen LogP contribution < -0.4 is 4.74 Å². The van der Waals surface area contributed by atoms with Gasteiger partial charge in [0.2, 0.25) is 0 Å². The number of hydrogen-bond donors (Lipinski definition) is 1. The van der Waals surface area contributed by atoms with Gasteiger partial charge in [0, 0.05) is 22.4 Å². The Morgan fingerprint density at radius 3 is 2.74 bits per heavy atom. The van der Waals surface area contributed by atoms with Crippen molar-refractivity contribution in [1.82, 2.24) is 15.0 Å². The lowest BCUT2D eigenvalue weighted by atomic mass is 10.1. The molecule has 3 aromatic carbocycles. The van der Waals surface area contributed by atoms with Gasteiger partial charge in [0.05, 0.1) is 23.2 Å². The van der Waals surface area contributed by atoms with Crippen molar-refractivity contribution in [2.24, 2.45) is 0 Å². The summed E-state index contributed by atoms with van der Waals surface area (Å²) in [5.41, 5.74) is 4.49. The Labute approximate surface area is 205 Å². The second-order valence-corrected chi connectivity index (χ2v) is 8.99. The van der Waals surface area contributed by atoms with Gasteiger partial charge < -0.3 is 14.5 Å². The number of nitrogens with zero attached hydrogens (tertiary/aromatic N) is 2. The summed E-state index contributed by atoms with van der Waals surface area (Å²) in [5, 5.41) is 3.49. The number of benzene rings is 3. The predicted molar refractivity (Wildman–Crippen MR) is 134 cm³/mol. The van der Waals surface area contributed by atoms with E-state index in [9.17, 15) is 4.79 Å². The molecule has 0 unspecified atom stereocenters. The topological polar surface area (TPSA) is 77.1 Å². The third-order valence-corrected chi connectivity index (χ3v) is 6.40. The fourth-order valence-corrected chi connectivity index (χ4v) is 4.65. The molecule has 0 saturated heterocycles. The van der Waals surface area contributed by atoms with Crippen LogP contribution >= 0.6 is 22.9 Å². The third-order valence-electron chi connectivity index (χ3n) is 5.31. The number of halogens is 1. The molecule has 0 saturated carbocycles. The molecule has 8 heteroatoms. The van der Waals surface area contributed by atoms with Crippen LogP contribution in [0.2, 0.25) is 5.02 Å². The summed E-state index contributed by atoms with van der Waals surface area (Å²) in [6.45, 7) is 0.472. The molecule has 0 amide bonds. The maximum Gasteiger partial charge on any atom is 0.340 e. The van der Waals surface area contributed by atoms with Crippen molar-refractivity contribution in [2.75, 3.05) is 7.11 Å². The number of esters is 1. The second-order valence-electron chi connectivity index (χ2n) is 7.61. The molecular formula is C26H20ClN3O3S. The number of carbonyl (C=O) groups is 1. The lowest BCUT2D eigenvalue weighted by Gasteiger charge is -2.11. The molecule has 5 rings (SSSR count). The van der Waals surface area contributed by atoms with E-state index < -0.39 is 5.97 Å². The van der Waals surface area contributed by atoms with Crippen LogP contribution in [0.25, 0.3) is 22.6 Å². The Morgan fingerprint density at radius 1 is 1.06 bits per heavy atom. The largest absolute Gasteiger partial charge is 0.489 e. The number of aromatic nitrogens is 3. The molecular weight excluding hydrogens is 470 g/mol. The molecule has 0 spiro atoms. The first-order chi connectivity index (χ1) is 16.6. The fraction of sp³-hybridized carbons (Fsp3) is 0.115. The van der Waals surface area contributed by atoms with Crippen molar-refractivity contribution < 1.29 is 14.3 Å². The highest BCUT2D eigenvalue weighted by Gasteiger charge is 2.17. The number of imidazole rings is 1. The molecule has 0 aliphatic rings. The highest BCUT2D eigenvalue weighted by molar-refractivity contribution is 7.10. The van der Waals surface area contributed by atoms with Crippen molar-refractivity contribution >= 4 is 39.9 Å². The molecule has 5 aromatic rings. The number of aromatic amines is 1. The zero-order chi connectivity index (χ0) is 23.5. The number of methoxy groups -OCH3 is 1. The first-order valence-corrected chi connectivity index (χ1v) is 11.8. The monoisotopic (exact) mass is 489 g/mol. The smallest absolute Gasteiger partial charge is 0.340 e. The Kier molecular flexibility index (Phi) is 6.29. The van der Waals surface area contributed by atoms with Gasteiger partial charge in [-0.2, -0.15) is 0 Å². The number of carbonyl (C=O) groups excluding carboxylic acids is 1. The molecule has 2 aromatic heterocycles. The zero-order valence-corrected chi connectivity index (χ0v) is 19.8. The van der Waals surface area contributed by atoms with E-state index in [0.717, 1.165) is 27.4 Å². The molecule has 34 heavy (non-hydrogen) atoms. The van der Waals surface area contributed by atoms with E-state index in [1.807, 2.05) is 60.0 Å². The van der Waals surface area contributed by atoms with Crippen molar-refractivity contribution in [1.29, 1.82) is 0 Å². The maximum atomic E-state index is 12.1. The minimum atomic E-state index is -0.424. The van der Waals surface area contributed by atoms with E-state index in [0.29, 0.717) is 40.6 Å². The average molecular weight is 490 g/mol. The van der Waals surface area contributed by atoms with E-state index in [-0.39, 0.29) is 0 Å². The third kappa shape index (κ3) is 4.66. The summed E-state index contributed by atoms with van der Waals surface area (Å²) in [6.07, 6.45) is 0.572. The molecule has 0 aliphatic heterocycles.